The lowest BCUT2D eigenvalue weighted by Gasteiger charge is -2.24. The van der Waals surface area contributed by atoms with E-state index in [1.165, 1.54) is 0 Å². The Kier molecular flexibility index (Phi) is 6.52. The van der Waals surface area contributed by atoms with Crippen molar-refractivity contribution in [3.05, 3.63) is 28.7 Å². The van der Waals surface area contributed by atoms with Crippen LogP contribution in [0.25, 0.3) is 0 Å². The first kappa shape index (κ1) is 14.5. The summed E-state index contributed by atoms with van der Waals surface area (Å²) in [5.74, 6) is 0. The van der Waals surface area contributed by atoms with E-state index in [0.717, 1.165) is 41.2 Å². The lowest BCUT2D eigenvalue weighted by molar-refractivity contribution is 0.423. The molecule has 0 atom stereocenters. The van der Waals surface area contributed by atoms with E-state index in [9.17, 15) is 0 Å². The quantitative estimate of drug-likeness (QED) is 0.817. The zero-order valence-corrected chi connectivity index (χ0v) is 12.8. The Bertz CT molecular complexity index is 345. The van der Waals surface area contributed by atoms with Gasteiger partial charge in [0.05, 0.1) is 0 Å². The zero-order valence-electron chi connectivity index (χ0n) is 10.4. The van der Waals surface area contributed by atoms with Crippen molar-refractivity contribution in [1.29, 1.82) is 0 Å². The molecule has 94 valence electrons. The third-order valence-corrected chi connectivity index (χ3v) is 3.26. The first-order chi connectivity index (χ1) is 8.17. The highest BCUT2D eigenvalue weighted by molar-refractivity contribution is 9.10. The second-order valence-electron chi connectivity index (χ2n) is 3.92. The van der Waals surface area contributed by atoms with Crippen LogP contribution in [0.1, 0.15) is 26.7 Å². The van der Waals surface area contributed by atoms with Crippen LogP contribution in [0, 0.1) is 0 Å². The minimum Gasteiger partial charge on any atom is -0.349 e. The minimum atomic E-state index is 0.816. The van der Waals surface area contributed by atoms with Gasteiger partial charge in [-0.15, -0.1) is 0 Å². The summed E-state index contributed by atoms with van der Waals surface area (Å²) in [6.07, 6.45) is 2.23. The largest absolute Gasteiger partial charge is 0.349 e. The third-order valence-electron chi connectivity index (χ3n) is 2.37. The molecule has 0 radical (unpaired) electrons. The topological polar surface area (TPSA) is 15.3 Å². The van der Waals surface area contributed by atoms with Gasteiger partial charge < -0.3 is 10.2 Å². The third kappa shape index (κ3) is 5.04. The molecule has 0 aromatic heterocycles. The summed E-state index contributed by atoms with van der Waals surface area (Å²) in [6.45, 7) is 6.36. The van der Waals surface area contributed by atoms with Gasteiger partial charge in [0.2, 0.25) is 0 Å². The fraction of sp³-hybridized carbons (Fsp3) is 0.462. The number of thiocarbonyl (C=S) groups is 1. The average Bonchev–Trinajstić information content (AvgIpc) is 2.32. The van der Waals surface area contributed by atoms with E-state index in [2.05, 4.69) is 40.0 Å². The number of benzene rings is 1. The second-order valence-corrected chi connectivity index (χ2v) is 5.23. The molecule has 1 N–H and O–H groups in total. The van der Waals surface area contributed by atoms with Crippen molar-refractivity contribution in [3.63, 3.8) is 0 Å². The summed E-state index contributed by atoms with van der Waals surface area (Å²) in [7, 11) is 0. The molecule has 1 aromatic carbocycles. The highest BCUT2D eigenvalue weighted by atomic mass is 79.9. The van der Waals surface area contributed by atoms with Crippen LogP contribution in [0.2, 0.25) is 0 Å². The fourth-order valence-corrected chi connectivity index (χ4v) is 2.16. The first-order valence-electron chi connectivity index (χ1n) is 5.98. The molecule has 0 heterocycles. The highest BCUT2D eigenvalue weighted by Gasteiger charge is 2.07. The molecular weight excluding hydrogens is 296 g/mol. The molecule has 2 nitrogen and oxygen atoms in total. The van der Waals surface area contributed by atoms with Crippen LogP contribution in [-0.4, -0.2) is 23.1 Å². The molecule has 0 fully saturated rings. The molecular formula is C13H19BrN2S. The molecule has 0 aliphatic rings. The van der Waals surface area contributed by atoms with Gasteiger partial charge in [-0.1, -0.05) is 29.8 Å². The van der Waals surface area contributed by atoms with Crippen molar-refractivity contribution in [2.45, 2.75) is 26.7 Å². The van der Waals surface area contributed by atoms with Crippen LogP contribution in [0.3, 0.4) is 0 Å². The summed E-state index contributed by atoms with van der Waals surface area (Å²) in [5, 5.41) is 4.09. The van der Waals surface area contributed by atoms with Crippen molar-refractivity contribution in [2.75, 3.05) is 18.4 Å². The summed E-state index contributed by atoms with van der Waals surface area (Å²) < 4.78 is 1.08. The van der Waals surface area contributed by atoms with Gasteiger partial charge in [0.1, 0.15) is 0 Å². The van der Waals surface area contributed by atoms with Crippen molar-refractivity contribution >= 4 is 38.9 Å². The zero-order chi connectivity index (χ0) is 12.7. The van der Waals surface area contributed by atoms with Crippen molar-refractivity contribution < 1.29 is 0 Å². The van der Waals surface area contributed by atoms with Gasteiger partial charge in [-0.25, -0.2) is 0 Å². The van der Waals surface area contributed by atoms with E-state index < -0.39 is 0 Å². The normalized spacial score (nSPS) is 10.1. The maximum Gasteiger partial charge on any atom is 0.173 e. The lowest BCUT2D eigenvalue weighted by Crippen LogP contribution is -2.35. The number of hydrogen-bond donors (Lipinski definition) is 1. The van der Waals surface area contributed by atoms with Gasteiger partial charge in [-0.05, 0) is 49.3 Å². The number of halogens is 1. The van der Waals surface area contributed by atoms with Crippen LogP contribution in [0.5, 0.6) is 0 Å². The number of hydrogen-bond acceptors (Lipinski definition) is 1. The lowest BCUT2D eigenvalue weighted by atomic mass is 10.3. The van der Waals surface area contributed by atoms with Gasteiger partial charge in [-0.2, -0.15) is 0 Å². The Morgan fingerprint density at radius 2 is 1.71 bits per heavy atom. The highest BCUT2D eigenvalue weighted by Crippen LogP contribution is 2.14. The Balaban J connectivity index is 2.59. The molecule has 0 saturated heterocycles. The van der Waals surface area contributed by atoms with Crippen molar-refractivity contribution in [1.82, 2.24) is 4.90 Å². The second kappa shape index (κ2) is 7.67. The van der Waals surface area contributed by atoms with Crippen LogP contribution < -0.4 is 5.32 Å². The first-order valence-corrected chi connectivity index (χ1v) is 7.19. The van der Waals surface area contributed by atoms with Crippen LogP contribution in [0.4, 0.5) is 5.69 Å². The molecule has 1 aromatic rings. The monoisotopic (exact) mass is 314 g/mol. The molecule has 0 aliphatic carbocycles. The molecule has 0 amide bonds. The Labute approximate surface area is 118 Å². The summed E-state index contributed by atoms with van der Waals surface area (Å²) in [5.41, 5.74) is 1.04. The summed E-state index contributed by atoms with van der Waals surface area (Å²) in [6, 6.07) is 8.06. The van der Waals surface area contributed by atoms with E-state index in [1.54, 1.807) is 0 Å². The molecule has 0 saturated carbocycles. The number of rotatable bonds is 5. The average molecular weight is 315 g/mol. The van der Waals surface area contributed by atoms with E-state index in [4.69, 9.17) is 12.2 Å². The van der Waals surface area contributed by atoms with Gasteiger partial charge in [0.15, 0.2) is 5.11 Å². The number of anilines is 1. The molecule has 0 bridgehead atoms. The Morgan fingerprint density at radius 1 is 1.18 bits per heavy atom. The smallest absolute Gasteiger partial charge is 0.173 e. The van der Waals surface area contributed by atoms with Crippen molar-refractivity contribution in [3.8, 4) is 0 Å². The van der Waals surface area contributed by atoms with Crippen molar-refractivity contribution in [2.24, 2.45) is 0 Å². The van der Waals surface area contributed by atoms with Gasteiger partial charge in [0.25, 0.3) is 0 Å². The molecule has 0 unspecified atom stereocenters. The van der Waals surface area contributed by atoms with E-state index in [0.29, 0.717) is 0 Å². The summed E-state index contributed by atoms with van der Waals surface area (Å²) >= 11 is 8.84. The van der Waals surface area contributed by atoms with E-state index in [1.807, 2.05) is 24.3 Å². The fourth-order valence-electron chi connectivity index (χ4n) is 1.59. The molecule has 4 heteroatoms. The Morgan fingerprint density at radius 3 is 2.18 bits per heavy atom. The maximum absolute atomic E-state index is 5.42. The minimum absolute atomic E-state index is 0.816. The van der Waals surface area contributed by atoms with Gasteiger partial charge in [-0.3, -0.25) is 0 Å². The summed E-state index contributed by atoms with van der Waals surface area (Å²) in [4.78, 5) is 2.22. The molecule has 0 aliphatic heterocycles. The maximum atomic E-state index is 5.42. The number of nitrogens with zero attached hydrogens (tertiary/aromatic N) is 1. The predicted octanol–water partition coefficient (Wildman–Crippen LogP) is 4.27. The molecule has 1 rings (SSSR count). The Hall–Kier alpha value is -0.610. The molecule has 0 spiro atoms. The van der Waals surface area contributed by atoms with Crippen LogP contribution in [-0.2, 0) is 0 Å². The van der Waals surface area contributed by atoms with Crippen LogP contribution >= 0.6 is 28.1 Å². The SMILES string of the molecule is CCCN(CCC)C(=S)Nc1ccc(Br)cc1. The van der Waals surface area contributed by atoms with E-state index >= 15 is 0 Å². The number of nitrogens with one attached hydrogen (secondary N) is 1. The van der Waals surface area contributed by atoms with E-state index in [-0.39, 0.29) is 0 Å². The van der Waals surface area contributed by atoms with Crippen LogP contribution in [0.15, 0.2) is 28.7 Å². The molecule has 17 heavy (non-hydrogen) atoms. The predicted molar refractivity (Wildman–Crippen MR) is 82.5 cm³/mol. The van der Waals surface area contributed by atoms with Gasteiger partial charge in [0, 0.05) is 23.2 Å². The standard InChI is InChI=1S/C13H19BrN2S/c1-3-9-16(10-4-2)13(17)15-12-7-5-11(14)6-8-12/h5-8H,3-4,9-10H2,1-2H3,(H,15,17). The van der Waals surface area contributed by atoms with Gasteiger partial charge >= 0.3 is 0 Å².